The fourth-order valence-electron chi connectivity index (χ4n) is 4.89. The first-order chi connectivity index (χ1) is 17.7. The van der Waals surface area contributed by atoms with E-state index in [1.165, 1.54) is 0 Å². The molecule has 5 N–H and O–H groups in total. The van der Waals surface area contributed by atoms with Gasteiger partial charge in [0.25, 0.3) is 5.91 Å². The fraction of sp³-hybridized carbons (Fsp3) is 0.407. The maximum atomic E-state index is 12.9. The third-order valence-electron chi connectivity index (χ3n) is 7.05. The number of aromatic carboxylic acids is 1. The van der Waals surface area contributed by atoms with E-state index < -0.39 is 5.97 Å². The van der Waals surface area contributed by atoms with E-state index in [1.807, 2.05) is 21.9 Å². The number of carboxylic acid groups (broad SMARTS) is 1. The number of nitrogens with zero attached hydrogens (tertiary/aromatic N) is 4. The van der Waals surface area contributed by atoms with Gasteiger partial charge in [-0.05, 0) is 47.9 Å². The van der Waals surface area contributed by atoms with Gasteiger partial charge in [-0.15, -0.1) is 0 Å². The van der Waals surface area contributed by atoms with Crippen molar-refractivity contribution in [2.75, 3.05) is 52.4 Å². The lowest BCUT2D eigenvalue weighted by Crippen LogP contribution is -2.50. The Morgan fingerprint density at radius 1 is 0.757 bits per heavy atom. The lowest BCUT2D eigenvalue weighted by Gasteiger charge is -2.35. The van der Waals surface area contributed by atoms with Crippen LogP contribution in [0, 0.1) is 10.8 Å². The number of rotatable bonds is 7. The zero-order chi connectivity index (χ0) is 26.5. The van der Waals surface area contributed by atoms with Crippen LogP contribution in [0.2, 0.25) is 0 Å². The van der Waals surface area contributed by atoms with Crippen LogP contribution in [0.25, 0.3) is 0 Å². The number of hydrogen-bond acceptors (Lipinski definition) is 6. The highest BCUT2D eigenvalue weighted by molar-refractivity contribution is 5.98. The summed E-state index contributed by atoms with van der Waals surface area (Å²) in [7, 11) is 0. The van der Waals surface area contributed by atoms with Crippen LogP contribution in [-0.2, 0) is 13.1 Å². The molecule has 2 heterocycles. The molecule has 0 spiro atoms. The fourth-order valence-corrected chi connectivity index (χ4v) is 4.89. The van der Waals surface area contributed by atoms with Gasteiger partial charge in [-0.2, -0.15) is 0 Å². The second-order valence-corrected chi connectivity index (χ2v) is 9.76. The number of nitrogens with one attached hydrogen (secondary N) is 2. The summed E-state index contributed by atoms with van der Waals surface area (Å²) in [5.74, 6) is -0.856. The Morgan fingerprint density at radius 2 is 1.22 bits per heavy atom. The SMILES string of the molecule is CC(=N)c1ccc(C(=O)N2CCN(Cc3cc(CN4CCN(C(=N)N)CC4)cc(C(=O)O)c3)CC2)cc1. The van der Waals surface area contributed by atoms with E-state index in [2.05, 4.69) is 15.9 Å². The van der Waals surface area contributed by atoms with Crippen molar-refractivity contribution in [1.82, 2.24) is 19.6 Å². The molecule has 2 aliphatic heterocycles. The van der Waals surface area contributed by atoms with Crippen molar-refractivity contribution in [3.63, 3.8) is 0 Å². The maximum Gasteiger partial charge on any atom is 0.335 e. The summed E-state index contributed by atoms with van der Waals surface area (Å²) in [5, 5.41) is 25.0. The summed E-state index contributed by atoms with van der Waals surface area (Å²) < 4.78 is 0. The van der Waals surface area contributed by atoms with Crippen molar-refractivity contribution in [2.24, 2.45) is 5.73 Å². The Morgan fingerprint density at radius 3 is 1.65 bits per heavy atom. The molecule has 4 rings (SSSR count). The van der Waals surface area contributed by atoms with Gasteiger partial charge >= 0.3 is 5.97 Å². The molecule has 37 heavy (non-hydrogen) atoms. The summed E-state index contributed by atoms with van der Waals surface area (Å²) in [4.78, 5) is 32.9. The monoisotopic (exact) mass is 505 g/mol. The Hall–Kier alpha value is -3.76. The molecule has 2 fully saturated rings. The molecule has 10 heteroatoms. The summed E-state index contributed by atoms with van der Waals surface area (Å²) >= 11 is 0. The van der Waals surface area contributed by atoms with Gasteiger partial charge in [-0.3, -0.25) is 20.0 Å². The Balaban J connectivity index is 1.35. The number of carbonyl (C=O) groups is 2. The Bertz CT molecular complexity index is 1170. The van der Waals surface area contributed by atoms with Crippen molar-refractivity contribution < 1.29 is 14.7 Å². The normalized spacial score (nSPS) is 17.0. The molecule has 0 atom stereocenters. The van der Waals surface area contributed by atoms with E-state index in [0.29, 0.717) is 63.6 Å². The molecular weight excluding hydrogens is 470 g/mol. The van der Waals surface area contributed by atoms with Crippen LogP contribution < -0.4 is 5.73 Å². The number of carbonyl (C=O) groups excluding carboxylic acids is 1. The minimum Gasteiger partial charge on any atom is -0.478 e. The van der Waals surface area contributed by atoms with Gasteiger partial charge in [0, 0.05) is 76.7 Å². The van der Waals surface area contributed by atoms with Crippen molar-refractivity contribution >= 4 is 23.5 Å². The van der Waals surface area contributed by atoms with Gasteiger partial charge in [0.15, 0.2) is 5.96 Å². The average molecular weight is 506 g/mol. The highest BCUT2D eigenvalue weighted by Gasteiger charge is 2.23. The van der Waals surface area contributed by atoms with Crippen LogP contribution >= 0.6 is 0 Å². The molecule has 196 valence electrons. The second kappa shape index (κ2) is 11.5. The van der Waals surface area contributed by atoms with Gasteiger partial charge in [0.2, 0.25) is 0 Å². The number of piperazine rings is 2. The molecule has 2 aromatic carbocycles. The van der Waals surface area contributed by atoms with Gasteiger partial charge in [-0.25, -0.2) is 4.79 Å². The highest BCUT2D eigenvalue weighted by Crippen LogP contribution is 2.18. The van der Waals surface area contributed by atoms with E-state index in [1.54, 1.807) is 31.2 Å². The van der Waals surface area contributed by atoms with Crippen molar-refractivity contribution in [2.45, 2.75) is 20.0 Å². The first kappa shape index (κ1) is 26.3. The third kappa shape index (κ3) is 6.72. The summed E-state index contributed by atoms with van der Waals surface area (Å²) in [6, 6.07) is 12.7. The quantitative estimate of drug-likeness (QED) is 0.332. The lowest BCUT2D eigenvalue weighted by molar-refractivity contribution is 0.0626. The number of hydrogen-bond donors (Lipinski definition) is 4. The minimum atomic E-state index is -0.941. The molecule has 0 aromatic heterocycles. The minimum absolute atomic E-state index is 0.00568. The highest BCUT2D eigenvalue weighted by atomic mass is 16.4. The molecule has 10 nitrogen and oxygen atoms in total. The molecule has 2 aromatic rings. The number of benzene rings is 2. The van der Waals surface area contributed by atoms with Crippen LogP contribution in [0.3, 0.4) is 0 Å². The van der Waals surface area contributed by atoms with E-state index in [0.717, 1.165) is 29.8 Å². The smallest absolute Gasteiger partial charge is 0.335 e. The van der Waals surface area contributed by atoms with Crippen LogP contribution in [0.15, 0.2) is 42.5 Å². The number of amides is 1. The molecular formula is C27H35N7O3. The standard InChI is InChI=1S/C27H35N7O3/c1-19(28)22-2-4-23(5-3-22)25(35)33-10-6-31(7-11-33)17-20-14-21(16-24(15-20)26(36)37)18-32-8-12-34(13-9-32)27(29)30/h2-5,14-16,28H,6-13,17-18H2,1H3,(H3,29,30)(H,36,37). The molecule has 2 saturated heterocycles. The van der Waals surface area contributed by atoms with Crippen LogP contribution in [-0.4, -0.2) is 101 Å². The number of nitrogens with two attached hydrogens (primary N) is 1. The first-order valence-corrected chi connectivity index (χ1v) is 12.5. The van der Waals surface area contributed by atoms with Crippen molar-refractivity contribution in [1.29, 1.82) is 10.8 Å². The van der Waals surface area contributed by atoms with E-state index >= 15 is 0 Å². The van der Waals surface area contributed by atoms with Crippen LogP contribution in [0.4, 0.5) is 0 Å². The van der Waals surface area contributed by atoms with E-state index in [4.69, 9.17) is 16.6 Å². The van der Waals surface area contributed by atoms with Gasteiger partial charge in [-0.1, -0.05) is 18.2 Å². The summed E-state index contributed by atoms with van der Waals surface area (Å²) in [5.41, 5.74) is 9.69. The Kier molecular flexibility index (Phi) is 8.20. The van der Waals surface area contributed by atoms with E-state index in [-0.39, 0.29) is 17.4 Å². The van der Waals surface area contributed by atoms with Crippen LogP contribution in [0.1, 0.15) is 44.3 Å². The van der Waals surface area contributed by atoms with Crippen LogP contribution in [0.5, 0.6) is 0 Å². The second-order valence-electron chi connectivity index (χ2n) is 9.76. The third-order valence-corrected chi connectivity index (χ3v) is 7.05. The van der Waals surface area contributed by atoms with Crippen molar-refractivity contribution in [3.8, 4) is 0 Å². The largest absolute Gasteiger partial charge is 0.478 e. The van der Waals surface area contributed by atoms with E-state index in [9.17, 15) is 14.7 Å². The van der Waals surface area contributed by atoms with Gasteiger partial charge in [0.1, 0.15) is 0 Å². The number of carboxylic acids is 1. The zero-order valence-electron chi connectivity index (χ0n) is 21.2. The molecule has 0 aliphatic carbocycles. The molecule has 0 unspecified atom stereocenters. The lowest BCUT2D eigenvalue weighted by atomic mass is 10.0. The molecule has 1 amide bonds. The number of guanidine groups is 1. The summed E-state index contributed by atoms with van der Waals surface area (Å²) in [6.07, 6.45) is 0. The molecule has 2 aliphatic rings. The Labute approximate surface area is 217 Å². The molecule has 0 bridgehead atoms. The predicted octanol–water partition coefficient (Wildman–Crippen LogP) is 1.74. The molecule has 0 saturated carbocycles. The average Bonchev–Trinajstić information content (AvgIpc) is 2.89. The van der Waals surface area contributed by atoms with Crippen molar-refractivity contribution in [3.05, 3.63) is 70.3 Å². The maximum absolute atomic E-state index is 12.9. The van der Waals surface area contributed by atoms with Gasteiger partial charge in [0.05, 0.1) is 5.56 Å². The zero-order valence-corrected chi connectivity index (χ0v) is 21.2. The summed E-state index contributed by atoms with van der Waals surface area (Å²) in [6.45, 7) is 8.56. The topological polar surface area (TPSA) is 141 Å². The molecule has 0 radical (unpaired) electrons. The van der Waals surface area contributed by atoms with Gasteiger partial charge < -0.3 is 26.0 Å². The predicted molar refractivity (Wildman–Crippen MR) is 142 cm³/mol. The first-order valence-electron chi connectivity index (χ1n) is 12.5.